The van der Waals surface area contributed by atoms with Crippen molar-refractivity contribution in [3.05, 3.63) is 47.5 Å². The highest BCUT2D eigenvalue weighted by Gasteiger charge is 2.47. The first-order valence-electron chi connectivity index (χ1n) is 11.9. The van der Waals surface area contributed by atoms with Crippen molar-refractivity contribution in [3.63, 3.8) is 0 Å². The molecule has 0 radical (unpaired) electrons. The lowest BCUT2D eigenvalue weighted by molar-refractivity contribution is -0.144. The van der Waals surface area contributed by atoms with E-state index in [4.69, 9.17) is 0 Å². The van der Waals surface area contributed by atoms with E-state index in [9.17, 15) is 19.2 Å². The van der Waals surface area contributed by atoms with Gasteiger partial charge in [0, 0.05) is 25.6 Å². The van der Waals surface area contributed by atoms with Gasteiger partial charge in [0.1, 0.15) is 6.04 Å². The van der Waals surface area contributed by atoms with Crippen molar-refractivity contribution in [1.82, 2.24) is 15.1 Å². The predicted molar refractivity (Wildman–Crippen MR) is 126 cm³/mol. The van der Waals surface area contributed by atoms with Crippen LogP contribution in [-0.4, -0.2) is 52.1 Å². The van der Waals surface area contributed by atoms with Crippen LogP contribution in [0.3, 0.4) is 0 Å². The van der Waals surface area contributed by atoms with E-state index in [1.54, 1.807) is 4.90 Å². The molecule has 1 fully saturated rings. The number of imide groups is 1. The SMILES string of the molecule is CCC(C(=O)NC(C)C)N(Cc1ccccc1C)C(=O)CCN1C(=O)[C@H]2CC=CC[C@H]2C1=O. The second kappa shape index (κ2) is 10.8. The van der Waals surface area contributed by atoms with Gasteiger partial charge in [0.05, 0.1) is 11.8 Å². The van der Waals surface area contributed by atoms with Crippen LogP contribution in [0.4, 0.5) is 0 Å². The Morgan fingerprint density at radius 3 is 2.24 bits per heavy atom. The topological polar surface area (TPSA) is 86.8 Å². The molecule has 2 aliphatic rings. The Kier molecular flexibility index (Phi) is 8.06. The summed E-state index contributed by atoms with van der Waals surface area (Å²) in [6.45, 7) is 7.98. The Hall–Kier alpha value is -2.96. The number of hydrogen-bond donors (Lipinski definition) is 1. The molecule has 7 heteroatoms. The van der Waals surface area contributed by atoms with Gasteiger partial charge in [0.25, 0.3) is 0 Å². The first kappa shape index (κ1) is 24.7. The first-order chi connectivity index (χ1) is 15.7. The number of nitrogens with zero attached hydrogens (tertiary/aromatic N) is 2. The highest BCUT2D eigenvalue weighted by atomic mass is 16.2. The van der Waals surface area contributed by atoms with E-state index in [1.807, 2.05) is 64.1 Å². The van der Waals surface area contributed by atoms with Gasteiger partial charge in [-0.2, -0.15) is 0 Å². The summed E-state index contributed by atoms with van der Waals surface area (Å²) in [7, 11) is 0. The standard InChI is InChI=1S/C26H35N3O4/c1-5-22(24(31)27-17(2)3)29(16-19-11-7-6-10-18(19)4)23(30)14-15-28-25(32)20-12-8-9-13-21(20)26(28)33/h6-11,17,20-22H,5,12-16H2,1-4H3,(H,27,31)/t20-,21+,22?. The van der Waals surface area contributed by atoms with Gasteiger partial charge in [-0.3, -0.25) is 24.1 Å². The number of amides is 4. The first-order valence-corrected chi connectivity index (χ1v) is 11.9. The minimum atomic E-state index is -0.628. The normalized spacial score (nSPS) is 20.7. The zero-order valence-electron chi connectivity index (χ0n) is 20.0. The van der Waals surface area contributed by atoms with Gasteiger partial charge in [-0.25, -0.2) is 0 Å². The van der Waals surface area contributed by atoms with Crippen LogP contribution in [0.1, 0.15) is 57.6 Å². The molecule has 0 saturated carbocycles. The molecule has 3 rings (SSSR count). The van der Waals surface area contributed by atoms with E-state index in [0.717, 1.165) is 11.1 Å². The van der Waals surface area contributed by atoms with E-state index in [0.29, 0.717) is 25.8 Å². The average Bonchev–Trinajstić information content (AvgIpc) is 3.02. The van der Waals surface area contributed by atoms with E-state index >= 15 is 0 Å². The maximum Gasteiger partial charge on any atom is 0.243 e. The second-order valence-electron chi connectivity index (χ2n) is 9.27. The second-order valence-corrected chi connectivity index (χ2v) is 9.27. The molecule has 1 aliphatic carbocycles. The number of rotatable bonds is 9. The third-order valence-corrected chi connectivity index (χ3v) is 6.57. The van der Waals surface area contributed by atoms with Crippen LogP contribution in [0.15, 0.2) is 36.4 Å². The molecule has 1 aromatic rings. The highest BCUT2D eigenvalue weighted by molar-refractivity contribution is 6.05. The van der Waals surface area contributed by atoms with Crippen molar-refractivity contribution < 1.29 is 19.2 Å². The fourth-order valence-corrected chi connectivity index (χ4v) is 4.71. The fraction of sp³-hybridized carbons (Fsp3) is 0.538. The molecular weight excluding hydrogens is 418 g/mol. The van der Waals surface area contributed by atoms with Crippen LogP contribution in [0.5, 0.6) is 0 Å². The lowest BCUT2D eigenvalue weighted by Crippen LogP contribution is -2.51. The number of carbonyl (C=O) groups is 4. The minimum absolute atomic E-state index is 0.00167. The molecule has 0 aromatic heterocycles. The number of fused-ring (bicyclic) bond motifs is 1. The summed E-state index contributed by atoms with van der Waals surface area (Å²) in [5, 5.41) is 2.92. The molecule has 1 heterocycles. The summed E-state index contributed by atoms with van der Waals surface area (Å²) in [6, 6.07) is 7.11. The minimum Gasteiger partial charge on any atom is -0.352 e. The summed E-state index contributed by atoms with van der Waals surface area (Å²) >= 11 is 0. The monoisotopic (exact) mass is 453 g/mol. The van der Waals surface area contributed by atoms with E-state index in [2.05, 4.69) is 5.32 Å². The zero-order chi connectivity index (χ0) is 24.1. The van der Waals surface area contributed by atoms with Gasteiger partial charge in [-0.05, 0) is 51.2 Å². The summed E-state index contributed by atoms with van der Waals surface area (Å²) in [5.74, 6) is -1.41. The highest BCUT2D eigenvalue weighted by Crippen LogP contribution is 2.35. The van der Waals surface area contributed by atoms with Crippen LogP contribution in [-0.2, 0) is 25.7 Å². The number of allylic oxidation sites excluding steroid dienone is 2. The number of nitrogens with one attached hydrogen (secondary N) is 1. The van der Waals surface area contributed by atoms with Crippen LogP contribution in [0, 0.1) is 18.8 Å². The maximum absolute atomic E-state index is 13.4. The summed E-state index contributed by atoms with van der Waals surface area (Å²) < 4.78 is 0. The van der Waals surface area contributed by atoms with E-state index in [1.165, 1.54) is 4.90 Å². The van der Waals surface area contributed by atoms with Crippen molar-refractivity contribution in [2.45, 2.75) is 72.0 Å². The van der Waals surface area contributed by atoms with Gasteiger partial charge in [0.15, 0.2) is 0 Å². The molecular formula is C26H35N3O4. The molecule has 7 nitrogen and oxygen atoms in total. The maximum atomic E-state index is 13.4. The van der Waals surface area contributed by atoms with Crippen molar-refractivity contribution in [3.8, 4) is 0 Å². The molecule has 1 aromatic carbocycles. The van der Waals surface area contributed by atoms with Crippen LogP contribution < -0.4 is 5.32 Å². The van der Waals surface area contributed by atoms with Gasteiger partial charge < -0.3 is 10.2 Å². The van der Waals surface area contributed by atoms with E-state index < -0.39 is 6.04 Å². The average molecular weight is 454 g/mol. The molecule has 1 N–H and O–H groups in total. The van der Waals surface area contributed by atoms with Crippen molar-refractivity contribution >= 4 is 23.6 Å². The Labute approximate surface area is 196 Å². The Morgan fingerprint density at radius 1 is 1.09 bits per heavy atom. The Balaban J connectivity index is 1.77. The number of carbonyl (C=O) groups excluding carboxylic acids is 4. The van der Waals surface area contributed by atoms with Crippen molar-refractivity contribution in [2.24, 2.45) is 11.8 Å². The molecule has 4 amide bonds. The lowest BCUT2D eigenvalue weighted by atomic mass is 9.85. The van der Waals surface area contributed by atoms with Crippen molar-refractivity contribution in [1.29, 1.82) is 0 Å². The van der Waals surface area contributed by atoms with Gasteiger partial charge in [-0.1, -0.05) is 43.3 Å². The summed E-state index contributed by atoms with van der Waals surface area (Å²) in [6.07, 6.45) is 5.52. The quantitative estimate of drug-likeness (QED) is 0.460. The number of hydrogen-bond acceptors (Lipinski definition) is 4. The third-order valence-electron chi connectivity index (χ3n) is 6.57. The molecule has 0 spiro atoms. The van der Waals surface area contributed by atoms with Crippen LogP contribution in [0.2, 0.25) is 0 Å². The van der Waals surface area contributed by atoms with Crippen LogP contribution >= 0.6 is 0 Å². The largest absolute Gasteiger partial charge is 0.352 e. The van der Waals surface area contributed by atoms with Gasteiger partial charge in [-0.15, -0.1) is 0 Å². The predicted octanol–water partition coefficient (Wildman–Crippen LogP) is 2.97. The fourth-order valence-electron chi connectivity index (χ4n) is 4.71. The molecule has 0 bridgehead atoms. The summed E-state index contributed by atoms with van der Waals surface area (Å²) in [4.78, 5) is 54.7. The van der Waals surface area contributed by atoms with Gasteiger partial charge in [0.2, 0.25) is 23.6 Å². The molecule has 1 aliphatic heterocycles. The molecule has 33 heavy (non-hydrogen) atoms. The molecule has 3 atom stereocenters. The lowest BCUT2D eigenvalue weighted by Gasteiger charge is -2.32. The Bertz CT molecular complexity index is 913. The third kappa shape index (κ3) is 5.52. The number of aryl methyl sites for hydroxylation is 1. The van der Waals surface area contributed by atoms with E-state index in [-0.39, 0.29) is 54.5 Å². The Morgan fingerprint density at radius 2 is 1.70 bits per heavy atom. The zero-order valence-corrected chi connectivity index (χ0v) is 20.0. The number of benzene rings is 1. The number of likely N-dealkylation sites (tertiary alicyclic amines) is 1. The summed E-state index contributed by atoms with van der Waals surface area (Å²) in [5.41, 5.74) is 2.00. The molecule has 1 unspecified atom stereocenters. The van der Waals surface area contributed by atoms with Crippen LogP contribution in [0.25, 0.3) is 0 Å². The smallest absolute Gasteiger partial charge is 0.243 e. The van der Waals surface area contributed by atoms with Crippen molar-refractivity contribution in [2.75, 3.05) is 6.54 Å². The molecule has 178 valence electrons. The molecule has 1 saturated heterocycles. The van der Waals surface area contributed by atoms with Gasteiger partial charge >= 0.3 is 0 Å².